The lowest BCUT2D eigenvalue weighted by atomic mass is 9.84. The molecule has 8 heteroatoms. The molecule has 0 atom stereocenters. The van der Waals surface area contributed by atoms with Crippen LogP contribution in [0.4, 0.5) is 16.0 Å². The zero-order chi connectivity index (χ0) is 25.0. The van der Waals surface area contributed by atoms with E-state index < -0.39 is 0 Å². The summed E-state index contributed by atoms with van der Waals surface area (Å²) in [5.41, 5.74) is 10.1. The average Bonchev–Trinajstić information content (AvgIpc) is 3.12. The van der Waals surface area contributed by atoms with Gasteiger partial charge in [0.25, 0.3) is 0 Å². The molecule has 3 N–H and O–H groups in total. The van der Waals surface area contributed by atoms with Crippen molar-refractivity contribution in [3.05, 3.63) is 77.9 Å². The van der Waals surface area contributed by atoms with Crippen LogP contribution in [0.3, 0.4) is 0 Å². The van der Waals surface area contributed by atoms with Gasteiger partial charge in [0.05, 0.1) is 11.4 Å². The van der Waals surface area contributed by atoms with Crippen LogP contribution in [0.25, 0.3) is 23.5 Å². The van der Waals surface area contributed by atoms with E-state index in [0.717, 1.165) is 28.1 Å². The van der Waals surface area contributed by atoms with E-state index in [4.69, 9.17) is 5.73 Å². The fourth-order valence-corrected chi connectivity index (χ4v) is 3.43. The summed E-state index contributed by atoms with van der Waals surface area (Å²) in [5.74, 6) is 1.48. The van der Waals surface area contributed by atoms with Crippen LogP contribution >= 0.6 is 0 Å². The van der Waals surface area contributed by atoms with Gasteiger partial charge in [0, 0.05) is 31.6 Å². The largest absolute Gasteiger partial charge is 0.382 e. The molecule has 0 saturated heterocycles. The summed E-state index contributed by atoms with van der Waals surface area (Å²) in [6.07, 6.45) is 3.63. The number of anilines is 2. The standard InChI is InChI=1S/C26H32FN7/c1-8-23-21(25(28)32-34(23)18(3)33(6)7)15-17(2)22-13-14-24(31-30-22)29-16-26(4,5)19-9-11-20(27)12-10-19/h8-15H,1,3,16H2,2,4-7H3,(H2,28,32)(H,29,31)/b17-15+. The predicted molar refractivity (Wildman–Crippen MR) is 139 cm³/mol. The maximum atomic E-state index is 13.2. The third-order valence-corrected chi connectivity index (χ3v) is 5.71. The SMILES string of the molecule is C=Cc1c(/C=C(\C)c2ccc(NCC(C)(C)c3ccc(F)cc3)nn2)c(N)nn1C(=C)N(C)C. The van der Waals surface area contributed by atoms with Crippen LogP contribution in [-0.4, -0.2) is 45.5 Å². The van der Waals surface area contributed by atoms with Gasteiger partial charge < -0.3 is 16.0 Å². The van der Waals surface area contributed by atoms with E-state index in [9.17, 15) is 4.39 Å². The second-order valence-corrected chi connectivity index (χ2v) is 8.99. The van der Waals surface area contributed by atoms with Crippen LogP contribution in [0.15, 0.2) is 49.6 Å². The monoisotopic (exact) mass is 461 g/mol. The molecule has 2 heterocycles. The molecule has 1 aromatic carbocycles. The summed E-state index contributed by atoms with van der Waals surface area (Å²) in [5, 5.41) is 16.4. The molecule has 0 aliphatic carbocycles. The fraction of sp³-hybridized carbons (Fsp3) is 0.269. The normalized spacial score (nSPS) is 11.9. The minimum absolute atomic E-state index is 0.209. The van der Waals surface area contributed by atoms with Crippen molar-refractivity contribution in [2.75, 3.05) is 31.7 Å². The number of hydrogen-bond donors (Lipinski definition) is 2. The number of benzene rings is 1. The number of allylic oxidation sites excluding steroid dienone is 1. The highest BCUT2D eigenvalue weighted by Crippen LogP contribution is 2.27. The molecular formula is C26H32FN7. The Morgan fingerprint density at radius 1 is 1.18 bits per heavy atom. The molecule has 0 bridgehead atoms. The van der Waals surface area contributed by atoms with Gasteiger partial charge in [0.2, 0.25) is 0 Å². The van der Waals surface area contributed by atoms with E-state index in [2.05, 4.69) is 47.6 Å². The van der Waals surface area contributed by atoms with Crippen LogP contribution < -0.4 is 11.1 Å². The Morgan fingerprint density at radius 2 is 1.85 bits per heavy atom. The first-order valence-corrected chi connectivity index (χ1v) is 10.9. The quantitative estimate of drug-likeness (QED) is 0.468. The lowest BCUT2D eigenvalue weighted by Gasteiger charge is -2.25. The topological polar surface area (TPSA) is 84.9 Å². The highest BCUT2D eigenvalue weighted by atomic mass is 19.1. The van der Waals surface area contributed by atoms with Gasteiger partial charge in [-0.05, 0) is 54.5 Å². The number of rotatable bonds is 9. The minimum Gasteiger partial charge on any atom is -0.382 e. The molecule has 0 spiro atoms. The highest BCUT2D eigenvalue weighted by molar-refractivity contribution is 5.85. The van der Waals surface area contributed by atoms with Crippen molar-refractivity contribution in [1.82, 2.24) is 24.9 Å². The molecule has 3 rings (SSSR count). The molecule has 0 saturated carbocycles. The van der Waals surface area contributed by atoms with Gasteiger partial charge in [-0.3, -0.25) is 0 Å². The van der Waals surface area contributed by atoms with E-state index in [1.165, 1.54) is 12.1 Å². The first-order chi connectivity index (χ1) is 16.0. The van der Waals surface area contributed by atoms with Crippen molar-refractivity contribution in [3.8, 4) is 0 Å². The third kappa shape index (κ3) is 5.33. The highest BCUT2D eigenvalue weighted by Gasteiger charge is 2.21. The number of nitrogens with one attached hydrogen (secondary N) is 1. The summed E-state index contributed by atoms with van der Waals surface area (Å²) in [4.78, 5) is 1.86. The van der Waals surface area contributed by atoms with Gasteiger partial charge in [0.15, 0.2) is 5.82 Å². The summed E-state index contributed by atoms with van der Waals surface area (Å²) in [6.45, 7) is 14.7. The summed E-state index contributed by atoms with van der Waals surface area (Å²) in [7, 11) is 3.78. The Bertz CT molecular complexity index is 1200. The van der Waals surface area contributed by atoms with Crippen molar-refractivity contribution >= 4 is 35.2 Å². The summed E-state index contributed by atoms with van der Waals surface area (Å²) >= 11 is 0. The molecule has 7 nitrogen and oxygen atoms in total. The summed E-state index contributed by atoms with van der Waals surface area (Å²) in [6, 6.07) is 10.4. The number of nitrogen functional groups attached to an aromatic ring is 1. The zero-order valence-corrected chi connectivity index (χ0v) is 20.4. The Labute approximate surface area is 200 Å². The lowest BCUT2D eigenvalue weighted by Crippen LogP contribution is -2.28. The smallest absolute Gasteiger partial charge is 0.153 e. The van der Waals surface area contributed by atoms with Gasteiger partial charge in [-0.15, -0.1) is 15.3 Å². The molecule has 3 aromatic rings. The molecule has 0 aliphatic heterocycles. The number of nitrogens with two attached hydrogens (primary N) is 1. The van der Waals surface area contributed by atoms with Gasteiger partial charge in [0.1, 0.15) is 17.5 Å². The zero-order valence-electron chi connectivity index (χ0n) is 20.4. The first-order valence-electron chi connectivity index (χ1n) is 10.9. The summed E-state index contributed by atoms with van der Waals surface area (Å²) < 4.78 is 14.9. The van der Waals surface area contributed by atoms with Crippen LogP contribution in [0.1, 0.15) is 43.3 Å². The van der Waals surface area contributed by atoms with Crippen LogP contribution in [0.5, 0.6) is 0 Å². The molecule has 34 heavy (non-hydrogen) atoms. The Hall–Kier alpha value is -3.94. The van der Waals surface area contributed by atoms with Crippen molar-refractivity contribution in [1.29, 1.82) is 0 Å². The van der Waals surface area contributed by atoms with Crippen molar-refractivity contribution < 1.29 is 4.39 Å². The van der Waals surface area contributed by atoms with E-state index >= 15 is 0 Å². The molecule has 0 unspecified atom stereocenters. The second kappa shape index (κ2) is 9.91. The maximum absolute atomic E-state index is 13.2. The van der Waals surface area contributed by atoms with Gasteiger partial charge in [-0.25, -0.2) is 9.07 Å². The van der Waals surface area contributed by atoms with Crippen LogP contribution in [0.2, 0.25) is 0 Å². The van der Waals surface area contributed by atoms with Gasteiger partial charge >= 0.3 is 0 Å². The molecule has 0 fully saturated rings. The average molecular weight is 462 g/mol. The second-order valence-electron chi connectivity index (χ2n) is 8.99. The number of aromatic nitrogens is 4. The predicted octanol–water partition coefficient (Wildman–Crippen LogP) is 4.98. The minimum atomic E-state index is -0.241. The van der Waals surface area contributed by atoms with E-state index in [1.54, 1.807) is 22.9 Å². The van der Waals surface area contributed by atoms with Crippen molar-refractivity contribution in [2.24, 2.45) is 0 Å². The van der Waals surface area contributed by atoms with Crippen LogP contribution in [0, 0.1) is 5.82 Å². The van der Waals surface area contributed by atoms with E-state index in [-0.39, 0.29) is 11.2 Å². The number of nitrogens with zero attached hydrogens (tertiary/aromatic N) is 5. The maximum Gasteiger partial charge on any atom is 0.153 e. The molecule has 178 valence electrons. The van der Waals surface area contributed by atoms with Crippen molar-refractivity contribution in [2.45, 2.75) is 26.2 Å². The van der Waals surface area contributed by atoms with E-state index in [0.29, 0.717) is 24.0 Å². The molecular weight excluding hydrogens is 429 g/mol. The first kappa shape index (κ1) is 24.7. The van der Waals surface area contributed by atoms with Gasteiger partial charge in [-0.1, -0.05) is 39.1 Å². The van der Waals surface area contributed by atoms with Crippen molar-refractivity contribution in [3.63, 3.8) is 0 Å². The fourth-order valence-electron chi connectivity index (χ4n) is 3.43. The number of halogens is 1. The Balaban J connectivity index is 1.76. The number of hydrogen-bond acceptors (Lipinski definition) is 6. The molecule has 0 aliphatic rings. The Kier molecular flexibility index (Phi) is 7.20. The lowest BCUT2D eigenvalue weighted by molar-refractivity contribution is 0.542. The Morgan fingerprint density at radius 3 is 2.41 bits per heavy atom. The molecule has 0 radical (unpaired) electrons. The van der Waals surface area contributed by atoms with E-state index in [1.807, 2.05) is 44.1 Å². The molecule has 0 amide bonds. The molecule has 2 aromatic heterocycles. The van der Waals surface area contributed by atoms with Gasteiger partial charge in [-0.2, -0.15) is 0 Å². The third-order valence-electron chi connectivity index (χ3n) is 5.71. The van der Waals surface area contributed by atoms with Crippen LogP contribution in [-0.2, 0) is 5.41 Å².